The Morgan fingerprint density at radius 1 is 1.25 bits per heavy atom. The zero-order valence-corrected chi connectivity index (χ0v) is 3.91. The second kappa shape index (κ2) is 27.0. The summed E-state index contributed by atoms with van der Waals surface area (Å²) in [5.74, 6) is 0. The van der Waals surface area contributed by atoms with Gasteiger partial charge >= 0.3 is 28.3 Å². The Morgan fingerprint density at radius 3 is 1.25 bits per heavy atom. The van der Waals surface area contributed by atoms with Crippen LogP contribution in [0.5, 0.6) is 0 Å². The molecule has 0 aromatic heterocycles. The summed E-state index contributed by atoms with van der Waals surface area (Å²) in [7, 11) is 0. The van der Waals surface area contributed by atoms with Crippen LogP contribution in [0.2, 0.25) is 0 Å². The average Bonchev–Trinajstić information content (AvgIpc) is 1.00. The first-order chi connectivity index (χ1) is 1.00. The molecule has 0 heterocycles. The van der Waals surface area contributed by atoms with Crippen LogP contribution >= 0.6 is 0 Å². The predicted molar refractivity (Wildman–Crippen MR) is 15.8 cm³/mol. The molecule has 0 aromatic carbocycles. The summed E-state index contributed by atoms with van der Waals surface area (Å²) in [4.78, 5) is 0. The first-order valence-electron chi connectivity index (χ1n) is 0.224. The van der Waals surface area contributed by atoms with E-state index in [2.05, 4.69) is 0 Å². The van der Waals surface area contributed by atoms with Crippen molar-refractivity contribution in [2.45, 2.75) is 0 Å². The second-order valence-corrected chi connectivity index (χ2v) is 0. The van der Waals surface area contributed by atoms with Gasteiger partial charge in [-0.25, -0.2) is 0 Å². The molecule has 0 unspecified atom stereocenters. The topological polar surface area (TPSA) is 51.7 Å². The van der Waals surface area contributed by atoms with E-state index in [4.69, 9.17) is 3.18 Å². The standard InChI is InChI=1S/Al.2H2O.Zr.3H/h;2*1H2;;;;/q;;;+1;;;/p-1. The Morgan fingerprint density at radius 2 is 1.25 bits per heavy atom. The summed E-state index contributed by atoms with van der Waals surface area (Å²) in [5, 5.41) is 0. The maximum absolute atomic E-state index is 7.09. The van der Waals surface area contributed by atoms with Gasteiger partial charge in [0.2, 0.25) is 0 Å². The van der Waals surface area contributed by atoms with Gasteiger partial charge in [-0.05, 0) is 0 Å². The molecule has 4 heteroatoms. The molecule has 0 fully saturated rings. The molecule has 4 heavy (non-hydrogen) atoms. The quantitative estimate of drug-likeness (QED) is 0.385. The van der Waals surface area contributed by atoms with Crippen LogP contribution in [-0.4, -0.2) is 26.0 Å². The van der Waals surface area contributed by atoms with Gasteiger partial charge < -0.3 is 5.48 Å². The van der Waals surface area contributed by atoms with E-state index in [1.165, 1.54) is 0 Å². The summed E-state index contributed by atoms with van der Waals surface area (Å²) in [6, 6.07) is 0. The molecule has 0 atom stereocenters. The molecule has 0 aliphatic carbocycles. The second-order valence-electron chi connectivity index (χ2n) is 0. The molecule has 0 aromatic rings. The molecule has 25 valence electrons. The Bertz CT molecular complexity index is 6.00. The molecule has 3 N–H and O–H groups in total. The Labute approximate surface area is 51.1 Å². The summed E-state index contributed by atoms with van der Waals surface area (Å²) >= 11 is 0.550. The molecular formula is H6AlO2Zr. The number of hydrogen-bond acceptors (Lipinski definition) is 1. The predicted octanol–water partition coefficient (Wildman–Crippen LogP) is -2.57. The molecule has 2 nitrogen and oxygen atoms in total. The van der Waals surface area contributed by atoms with Gasteiger partial charge in [-0.2, -0.15) is 0 Å². The van der Waals surface area contributed by atoms with Gasteiger partial charge in [0.15, 0.2) is 17.4 Å². The van der Waals surface area contributed by atoms with E-state index < -0.39 is 0 Å². The minimum absolute atomic E-state index is 0. The van der Waals surface area contributed by atoms with Gasteiger partial charge in [0, 0.05) is 0 Å². The fraction of sp³-hybridized carbons (Fsp3) is 0. The molecule has 0 saturated carbocycles. The van der Waals surface area contributed by atoms with Crippen LogP contribution in [0.1, 0.15) is 0 Å². The normalized spacial score (nSPS) is 1.00. The minimum atomic E-state index is 0. The van der Waals surface area contributed by atoms with Crippen LogP contribution < -0.4 is 0 Å². The Kier molecular flexibility index (Phi) is 124. The number of rotatable bonds is 0. The van der Waals surface area contributed by atoms with E-state index >= 15 is 0 Å². The summed E-state index contributed by atoms with van der Waals surface area (Å²) < 4.78 is 7.09. The number of hydrogen-bond donors (Lipinski definition) is 1. The van der Waals surface area contributed by atoms with Gasteiger partial charge in [-0.1, -0.05) is 0 Å². The van der Waals surface area contributed by atoms with E-state index in [0.717, 1.165) is 0 Å². The van der Waals surface area contributed by atoms with Gasteiger partial charge in [-0.3, -0.25) is 0 Å². The first-order valence-corrected chi connectivity index (χ1v) is 1.32. The SMILES string of the molecule is O.[AlH3].[OH][Zr]. The van der Waals surface area contributed by atoms with Gasteiger partial charge in [0.25, 0.3) is 0 Å². The molecule has 0 radical (unpaired) electrons. The molecular weight excluding hydrogens is 150 g/mol. The van der Waals surface area contributed by atoms with E-state index in [1.54, 1.807) is 0 Å². The van der Waals surface area contributed by atoms with Crippen molar-refractivity contribution in [3.8, 4) is 0 Å². The van der Waals surface area contributed by atoms with Crippen molar-refractivity contribution in [1.82, 2.24) is 0 Å². The molecule has 0 aliphatic rings. The van der Waals surface area contributed by atoms with Crippen molar-refractivity contribution >= 4 is 17.4 Å². The van der Waals surface area contributed by atoms with E-state index in [1.807, 2.05) is 0 Å². The fourth-order valence-electron chi connectivity index (χ4n) is 0. The van der Waals surface area contributed by atoms with Crippen LogP contribution in [0.3, 0.4) is 0 Å². The van der Waals surface area contributed by atoms with E-state index in [0.29, 0.717) is 25.2 Å². The zero-order chi connectivity index (χ0) is 2.00. The zero-order valence-electron chi connectivity index (χ0n) is 1.45. The summed E-state index contributed by atoms with van der Waals surface area (Å²) in [6.07, 6.45) is 0. The molecule has 0 bridgehead atoms. The van der Waals surface area contributed by atoms with E-state index in [-0.39, 0.29) is 22.8 Å². The third-order valence-corrected chi connectivity index (χ3v) is 0. The summed E-state index contributed by atoms with van der Waals surface area (Å²) in [5.41, 5.74) is 0. The van der Waals surface area contributed by atoms with Crippen LogP contribution in [0, 0.1) is 0 Å². The molecule has 0 amide bonds. The monoisotopic (exact) mass is 155 g/mol. The molecule has 0 aliphatic heterocycles. The van der Waals surface area contributed by atoms with Crippen molar-refractivity contribution in [3.05, 3.63) is 0 Å². The Balaban J connectivity index is -0.00000000500. The maximum atomic E-state index is 7.09. The van der Waals surface area contributed by atoms with Crippen molar-refractivity contribution in [2.75, 3.05) is 0 Å². The Hall–Kier alpha value is 1.34. The molecule has 0 saturated heterocycles. The van der Waals surface area contributed by atoms with Crippen LogP contribution in [-0.2, 0) is 25.2 Å². The van der Waals surface area contributed by atoms with Crippen LogP contribution in [0.25, 0.3) is 0 Å². The molecule has 0 rings (SSSR count). The van der Waals surface area contributed by atoms with Crippen LogP contribution in [0.15, 0.2) is 0 Å². The first kappa shape index (κ1) is 18.4. The third kappa shape index (κ3) is 10.2. The van der Waals surface area contributed by atoms with Crippen LogP contribution in [0.4, 0.5) is 0 Å². The van der Waals surface area contributed by atoms with Crippen molar-refractivity contribution < 1.29 is 33.8 Å². The van der Waals surface area contributed by atoms with E-state index in [9.17, 15) is 0 Å². The van der Waals surface area contributed by atoms with Gasteiger partial charge in [0.05, 0.1) is 0 Å². The fourth-order valence-corrected chi connectivity index (χ4v) is 0. The van der Waals surface area contributed by atoms with Gasteiger partial charge in [0.1, 0.15) is 0 Å². The summed E-state index contributed by atoms with van der Waals surface area (Å²) in [6.45, 7) is 0. The average molecular weight is 156 g/mol. The van der Waals surface area contributed by atoms with Gasteiger partial charge in [-0.15, -0.1) is 0 Å². The van der Waals surface area contributed by atoms with Crippen molar-refractivity contribution in [3.63, 3.8) is 0 Å². The van der Waals surface area contributed by atoms with Crippen molar-refractivity contribution in [2.24, 2.45) is 0 Å². The molecule has 0 spiro atoms. The van der Waals surface area contributed by atoms with Crippen molar-refractivity contribution in [1.29, 1.82) is 0 Å². The third-order valence-electron chi connectivity index (χ3n) is 0.